The van der Waals surface area contributed by atoms with E-state index in [1.807, 2.05) is 0 Å². The molecule has 0 saturated heterocycles. The highest BCUT2D eigenvalue weighted by Crippen LogP contribution is 2.21. The Kier molecular flexibility index (Phi) is 4.55. The molecule has 0 fully saturated rings. The van der Waals surface area contributed by atoms with Crippen molar-refractivity contribution >= 4 is 15.9 Å². The fraction of sp³-hybridized carbons (Fsp3) is 1.00. The van der Waals surface area contributed by atoms with Gasteiger partial charge in [-0.3, -0.25) is 0 Å². The Morgan fingerprint density at radius 3 is 1.33 bits per heavy atom. The smallest absolute Gasteiger partial charge is 0.00645 e. The maximum absolute atomic E-state index is 3.52. The molecule has 0 nitrogen and oxygen atoms in total. The zero-order valence-electron chi connectivity index (χ0n) is 6.82. The molecule has 1 heteroatoms. The van der Waals surface area contributed by atoms with Crippen LogP contribution >= 0.6 is 15.9 Å². The van der Waals surface area contributed by atoms with Gasteiger partial charge in [0.15, 0.2) is 0 Å². The van der Waals surface area contributed by atoms with Crippen LogP contribution in [0.2, 0.25) is 0 Å². The molecule has 0 saturated carbocycles. The summed E-state index contributed by atoms with van der Waals surface area (Å²) < 4.78 is 0. The molecule has 0 spiro atoms. The molecule has 0 N–H and O–H groups in total. The van der Waals surface area contributed by atoms with E-state index in [1.165, 1.54) is 0 Å². The number of halogens is 1. The Hall–Kier alpha value is 0.480. The van der Waals surface area contributed by atoms with E-state index in [1.54, 1.807) is 0 Å². The van der Waals surface area contributed by atoms with Gasteiger partial charge in [-0.05, 0) is 17.8 Å². The van der Waals surface area contributed by atoms with Crippen LogP contribution in [0, 0.1) is 17.8 Å². The van der Waals surface area contributed by atoms with Gasteiger partial charge in [0.25, 0.3) is 0 Å². The molecule has 0 aromatic carbocycles. The number of hydrogen-bond acceptors (Lipinski definition) is 0. The van der Waals surface area contributed by atoms with Crippen LogP contribution in [-0.2, 0) is 0 Å². The van der Waals surface area contributed by atoms with E-state index in [0.717, 1.165) is 23.1 Å². The Morgan fingerprint density at radius 2 is 1.33 bits per heavy atom. The average Bonchev–Trinajstić information content (AvgIpc) is 1.64. The fourth-order valence-corrected chi connectivity index (χ4v) is 2.62. The van der Waals surface area contributed by atoms with Gasteiger partial charge in [0.1, 0.15) is 0 Å². The van der Waals surface area contributed by atoms with Crippen molar-refractivity contribution < 1.29 is 0 Å². The second-order valence-electron chi connectivity index (χ2n) is 3.31. The lowest BCUT2D eigenvalue weighted by Gasteiger charge is -2.21. The minimum atomic E-state index is 0.810. The standard InChI is InChI=1S/C8H17Br/c1-6(2)8(5-9)7(3)4/h6-8H,5H2,1-4H3. The molecule has 56 valence electrons. The summed E-state index contributed by atoms with van der Waals surface area (Å²) in [5.41, 5.74) is 0. The van der Waals surface area contributed by atoms with E-state index >= 15 is 0 Å². The maximum atomic E-state index is 3.52. The molecule has 0 bridgehead atoms. The summed E-state index contributed by atoms with van der Waals surface area (Å²) in [5, 5.41) is 1.14. The summed E-state index contributed by atoms with van der Waals surface area (Å²) in [7, 11) is 0. The lowest BCUT2D eigenvalue weighted by atomic mass is 9.88. The predicted molar refractivity (Wildman–Crippen MR) is 47.0 cm³/mol. The first kappa shape index (κ1) is 9.48. The van der Waals surface area contributed by atoms with Crippen molar-refractivity contribution in [1.82, 2.24) is 0 Å². The van der Waals surface area contributed by atoms with Crippen LogP contribution in [0.5, 0.6) is 0 Å². The Balaban J connectivity index is 3.68. The molecule has 9 heavy (non-hydrogen) atoms. The predicted octanol–water partition coefficient (Wildman–Crippen LogP) is 3.31. The van der Waals surface area contributed by atoms with E-state index in [2.05, 4.69) is 43.6 Å². The molecule has 0 aliphatic carbocycles. The van der Waals surface area contributed by atoms with Gasteiger partial charge in [-0.15, -0.1) is 0 Å². The second kappa shape index (κ2) is 4.32. The first-order valence-corrected chi connectivity index (χ1v) is 4.77. The summed E-state index contributed by atoms with van der Waals surface area (Å²) in [5.74, 6) is 2.46. The van der Waals surface area contributed by atoms with Gasteiger partial charge < -0.3 is 0 Å². The molecule has 0 aromatic rings. The molecule has 0 aromatic heterocycles. The third-order valence-corrected chi connectivity index (χ3v) is 2.64. The molecule has 0 heterocycles. The topological polar surface area (TPSA) is 0 Å². The summed E-state index contributed by atoms with van der Waals surface area (Å²) in [4.78, 5) is 0. The van der Waals surface area contributed by atoms with Gasteiger partial charge in [-0.25, -0.2) is 0 Å². The monoisotopic (exact) mass is 192 g/mol. The number of rotatable bonds is 3. The molecule has 0 unspecified atom stereocenters. The summed E-state index contributed by atoms with van der Waals surface area (Å²) in [6.07, 6.45) is 0. The third-order valence-electron chi connectivity index (χ3n) is 1.89. The van der Waals surface area contributed by atoms with Crippen molar-refractivity contribution in [3.8, 4) is 0 Å². The van der Waals surface area contributed by atoms with Crippen molar-refractivity contribution in [1.29, 1.82) is 0 Å². The Labute approximate surface area is 67.2 Å². The van der Waals surface area contributed by atoms with Crippen LogP contribution in [0.3, 0.4) is 0 Å². The van der Waals surface area contributed by atoms with Gasteiger partial charge in [0, 0.05) is 5.33 Å². The maximum Gasteiger partial charge on any atom is 0.00645 e. The third kappa shape index (κ3) is 3.24. The van der Waals surface area contributed by atoms with Crippen molar-refractivity contribution in [2.24, 2.45) is 17.8 Å². The summed E-state index contributed by atoms with van der Waals surface area (Å²) in [6, 6.07) is 0. The summed E-state index contributed by atoms with van der Waals surface area (Å²) >= 11 is 3.52. The van der Waals surface area contributed by atoms with E-state index in [9.17, 15) is 0 Å². The van der Waals surface area contributed by atoms with Gasteiger partial charge in [-0.2, -0.15) is 0 Å². The summed E-state index contributed by atoms with van der Waals surface area (Å²) in [6.45, 7) is 9.13. The van der Waals surface area contributed by atoms with Gasteiger partial charge in [-0.1, -0.05) is 43.6 Å². The fourth-order valence-electron chi connectivity index (χ4n) is 1.13. The molecular formula is C8H17Br. The molecule has 0 rings (SSSR count). The van der Waals surface area contributed by atoms with Gasteiger partial charge in [0.05, 0.1) is 0 Å². The molecular weight excluding hydrogens is 176 g/mol. The Bertz CT molecular complexity index is 59.0. The van der Waals surface area contributed by atoms with Crippen LogP contribution in [0.4, 0.5) is 0 Å². The lowest BCUT2D eigenvalue weighted by Crippen LogP contribution is -2.16. The largest absolute Gasteiger partial charge is 0.0925 e. The van der Waals surface area contributed by atoms with Crippen LogP contribution in [0.25, 0.3) is 0 Å². The highest BCUT2D eigenvalue weighted by Gasteiger charge is 2.14. The highest BCUT2D eigenvalue weighted by atomic mass is 79.9. The minimum absolute atomic E-state index is 0.810. The number of hydrogen-bond donors (Lipinski definition) is 0. The highest BCUT2D eigenvalue weighted by molar-refractivity contribution is 9.09. The van der Waals surface area contributed by atoms with Crippen molar-refractivity contribution in [2.45, 2.75) is 27.7 Å². The van der Waals surface area contributed by atoms with E-state index in [4.69, 9.17) is 0 Å². The first-order chi connectivity index (χ1) is 4.09. The number of alkyl halides is 1. The quantitative estimate of drug-likeness (QED) is 0.603. The van der Waals surface area contributed by atoms with Crippen LogP contribution in [-0.4, -0.2) is 5.33 Å². The van der Waals surface area contributed by atoms with E-state index in [0.29, 0.717) is 0 Å². The molecule has 0 amide bonds. The van der Waals surface area contributed by atoms with Crippen molar-refractivity contribution in [3.63, 3.8) is 0 Å². The van der Waals surface area contributed by atoms with Crippen molar-refractivity contribution in [2.75, 3.05) is 5.33 Å². The molecule has 0 aliphatic heterocycles. The normalized spacial score (nSPS) is 12.0. The zero-order chi connectivity index (χ0) is 7.44. The Morgan fingerprint density at radius 1 is 1.00 bits per heavy atom. The van der Waals surface area contributed by atoms with Gasteiger partial charge >= 0.3 is 0 Å². The molecule has 0 atom stereocenters. The second-order valence-corrected chi connectivity index (χ2v) is 3.95. The van der Waals surface area contributed by atoms with E-state index in [-0.39, 0.29) is 0 Å². The molecule has 0 aliphatic rings. The molecule has 0 radical (unpaired) electrons. The lowest BCUT2D eigenvalue weighted by molar-refractivity contribution is 0.324. The van der Waals surface area contributed by atoms with Crippen LogP contribution in [0.15, 0.2) is 0 Å². The average molecular weight is 193 g/mol. The van der Waals surface area contributed by atoms with Crippen molar-refractivity contribution in [3.05, 3.63) is 0 Å². The van der Waals surface area contributed by atoms with E-state index < -0.39 is 0 Å². The zero-order valence-corrected chi connectivity index (χ0v) is 8.40. The van der Waals surface area contributed by atoms with Crippen LogP contribution in [0.1, 0.15) is 27.7 Å². The van der Waals surface area contributed by atoms with Gasteiger partial charge in [0.2, 0.25) is 0 Å². The minimum Gasteiger partial charge on any atom is -0.0925 e. The first-order valence-electron chi connectivity index (χ1n) is 3.65. The van der Waals surface area contributed by atoms with Crippen LogP contribution < -0.4 is 0 Å². The SMILES string of the molecule is CC(C)C(CBr)C(C)C.